The molecule has 7 nitrogen and oxygen atoms in total. The van der Waals surface area contributed by atoms with Gasteiger partial charge in [-0.1, -0.05) is 6.42 Å². The van der Waals surface area contributed by atoms with Gasteiger partial charge in [-0.15, -0.1) is 11.3 Å². The van der Waals surface area contributed by atoms with Crippen molar-refractivity contribution < 1.29 is 4.79 Å². The van der Waals surface area contributed by atoms with Gasteiger partial charge in [0.25, 0.3) is 0 Å². The summed E-state index contributed by atoms with van der Waals surface area (Å²) in [5.74, 6) is 1.72. The molecular formula is C16H24N6OS. The largest absolute Gasteiger partial charge is 0.302 e. The Morgan fingerprint density at radius 2 is 2.21 bits per heavy atom. The first-order valence-electron chi connectivity index (χ1n) is 8.35. The third-order valence-electron chi connectivity index (χ3n) is 4.30. The Morgan fingerprint density at radius 3 is 2.92 bits per heavy atom. The van der Waals surface area contributed by atoms with Crippen LogP contribution >= 0.6 is 11.3 Å². The van der Waals surface area contributed by atoms with Gasteiger partial charge in [0.05, 0.1) is 12.2 Å². The fourth-order valence-electron chi connectivity index (χ4n) is 3.20. The van der Waals surface area contributed by atoms with Crippen LogP contribution in [0.3, 0.4) is 0 Å². The van der Waals surface area contributed by atoms with Crippen molar-refractivity contribution in [3.63, 3.8) is 0 Å². The first kappa shape index (κ1) is 17.0. The number of rotatable bonds is 5. The molecule has 1 aliphatic rings. The maximum Gasteiger partial charge on any atom is 0.223 e. The molecule has 24 heavy (non-hydrogen) atoms. The van der Waals surface area contributed by atoms with Crippen LogP contribution < -0.4 is 5.32 Å². The maximum atomic E-state index is 11.1. The van der Waals surface area contributed by atoms with E-state index in [0.29, 0.717) is 11.2 Å². The van der Waals surface area contributed by atoms with Gasteiger partial charge in [0.15, 0.2) is 5.13 Å². The van der Waals surface area contributed by atoms with Crippen LogP contribution in [0.15, 0.2) is 5.38 Å². The number of anilines is 1. The smallest absolute Gasteiger partial charge is 0.223 e. The van der Waals surface area contributed by atoms with Crippen LogP contribution in [0.5, 0.6) is 0 Å². The van der Waals surface area contributed by atoms with Crippen molar-refractivity contribution in [2.45, 2.75) is 59.2 Å². The molecule has 2 aromatic heterocycles. The molecule has 0 radical (unpaired) electrons. The van der Waals surface area contributed by atoms with Crippen molar-refractivity contribution in [2.24, 2.45) is 0 Å². The second-order valence-electron chi connectivity index (χ2n) is 6.33. The quantitative estimate of drug-likeness (QED) is 0.898. The fraction of sp³-hybridized carbons (Fsp3) is 0.625. The average Bonchev–Trinajstić information content (AvgIpc) is 3.07. The number of aromatic nitrogens is 4. The predicted octanol–water partition coefficient (Wildman–Crippen LogP) is 2.36. The highest BCUT2D eigenvalue weighted by Gasteiger charge is 2.24. The molecule has 1 saturated heterocycles. The number of nitrogens with one attached hydrogen (secondary N) is 1. The Balaban J connectivity index is 1.67. The van der Waals surface area contributed by atoms with E-state index in [9.17, 15) is 4.79 Å². The number of nitrogens with zero attached hydrogens (tertiary/aromatic N) is 5. The molecule has 1 amide bonds. The standard InChI is InChI=1S/C16H24N6OS/c1-11-17-12(2)22(20-11)9-15-6-4-5-7-21(15)8-14-10-24-16(19-14)18-13(3)23/h10,15H,4-9H2,1-3H3,(H,18,19,23). The zero-order chi connectivity index (χ0) is 17.1. The van der Waals surface area contributed by atoms with E-state index in [0.717, 1.165) is 37.0 Å². The van der Waals surface area contributed by atoms with Crippen LogP contribution in [-0.4, -0.2) is 43.1 Å². The monoisotopic (exact) mass is 348 g/mol. The summed E-state index contributed by atoms with van der Waals surface area (Å²) >= 11 is 1.48. The molecule has 0 aliphatic carbocycles. The van der Waals surface area contributed by atoms with E-state index in [1.807, 2.05) is 23.9 Å². The number of hydrogen-bond acceptors (Lipinski definition) is 6. The number of hydrogen-bond donors (Lipinski definition) is 1. The van der Waals surface area contributed by atoms with Gasteiger partial charge in [-0.2, -0.15) is 5.10 Å². The highest BCUT2D eigenvalue weighted by Crippen LogP contribution is 2.23. The van der Waals surface area contributed by atoms with Crippen molar-refractivity contribution >= 4 is 22.4 Å². The van der Waals surface area contributed by atoms with Gasteiger partial charge in [0.1, 0.15) is 11.6 Å². The molecule has 2 aromatic rings. The summed E-state index contributed by atoms with van der Waals surface area (Å²) in [7, 11) is 0. The summed E-state index contributed by atoms with van der Waals surface area (Å²) in [5.41, 5.74) is 1.02. The van der Waals surface area contributed by atoms with Crippen molar-refractivity contribution in [1.29, 1.82) is 0 Å². The summed E-state index contributed by atoms with van der Waals surface area (Å²) < 4.78 is 2.02. The number of piperidine rings is 1. The molecule has 130 valence electrons. The van der Waals surface area contributed by atoms with E-state index < -0.39 is 0 Å². The average molecular weight is 348 g/mol. The summed E-state index contributed by atoms with van der Waals surface area (Å²) in [4.78, 5) is 22.5. The van der Waals surface area contributed by atoms with Crippen molar-refractivity contribution in [2.75, 3.05) is 11.9 Å². The Hall–Kier alpha value is -1.80. The lowest BCUT2D eigenvalue weighted by molar-refractivity contribution is -0.114. The zero-order valence-corrected chi connectivity index (χ0v) is 15.3. The molecule has 1 aliphatic heterocycles. The van der Waals surface area contributed by atoms with E-state index in [4.69, 9.17) is 0 Å². The number of likely N-dealkylation sites (tertiary alicyclic amines) is 1. The van der Waals surface area contributed by atoms with Crippen LogP contribution in [0.1, 0.15) is 43.5 Å². The van der Waals surface area contributed by atoms with Crippen LogP contribution in [0.25, 0.3) is 0 Å². The molecule has 0 spiro atoms. The van der Waals surface area contributed by atoms with Gasteiger partial charge in [-0.3, -0.25) is 9.69 Å². The van der Waals surface area contributed by atoms with Gasteiger partial charge in [0, 0.05) is 24.9 Å². The second kappa shape index (κ2) is 7.40. The minimum absolute atomic E-state index is 0.0798. The minimum Gasteiger partial charge on any atom is -0.302 e. The third-order valence-corrected chi connectivity index (χ3v) is 5.10. The number of amides is 1. The molecular weight excluding hydrogens is 324 g/mol. The SMILES string of the molecule is CC(=O)Nc1nc(CN2CCCCC2Cn2nc(C)nc2C)cs1. The van der Waals surface area contributed by atoms with Crippen LogP contribution in [0, 0.1) is 13.8 Å². The Morgan fingerprint density at radius 1 is 1.38 bits per heavy atom. The molecule has 0 aromatic carbocycles. The zero-order valence-electron chi connectivity index (χ0n) is 14.4. The molecule has 1 atom stereocenters. The van der Waals surface area contributed by atoms with Crippen LogP contribution in [-0.2, 0) is 17.9 Å². The molecule has 0 saturated carbocycles. The number of carbonyl (C=O) groups excluding carboxylic acids is 1. The Kier molecular flexibility index (Phi) is 5.25. The normalized spacial score (nSPS) is 18.7. The van der Waals surface area contributed by atoms with Gasteiger partial charge in [-0.25, -0.2) is 14.6 Å². The summed E-state index contributed by atoms with van der Waals surface area (Å²) in [5, 5.41) is 9.96. The molecule has 0 bridgehead atoms. The Labute approximate surface area is 146 Å². The second-order valence-corrected chi connectivity index (χ2v) is 7.19. The highest BCUT2D eigenvalue weighted by molar-refractivity contribution is 7.13. The maximum absolute atomic E-state index is 11.1. The van der Waals surface area contributed by atoms with Gasteiger partial charge < -0.3 is 5.32 Å². The van der Waals surface area contributed by atoms with Gasteiger partial charge >= 0.3 is 0 Å². The van der Waals surface area contributed by atoms with Gasteiger partial charge in [-0.05, 0) is 33.2 Å². The summed E-state index contributed by atoms with van der Waals surface area (Å²) in [6.45, 7) is 8.20. The van der Waals surface area contributed by atoms with Crippen molar-refractivity contribution in [3.8, 4) is 0 Å². The summed E-state index contributed by atoms with van der Waals surface area (Å²) in [6.07, 6.45) is 3.64. The number of thiazole rings is 1. The highest BCUT2D eigenvalue weighted by atomic mass is 32.1. The summed E-state index contributed by atoms with van der Waals surface area (Å²) in [6, 6.07) is 0.449. The van der Waals surface area contributed by atoms with Crippen LogP contribution in [0.4, 0.5) is 5.13 Å². The van der Waals surface area contributed by atoms with E-state index >= 15 is 0 Å². The van der Waals surface area contributed by atoms with Crippen molar-refractivity contribution in [1.82, 2.24) is 24.6 Å². The minimum atomic E-state index is -0.0798. The molecule has 1 fully saturated rings. The topological polar surface area (TPSA) is 75.9 Å². The van der Waals surface area contributed by atoms with E-state index in [1.165, 1.54) is 37.5 Å². The molecule has 3 heterocycles. The predicted molar refractivity (Wildman–Crippen MR) is 94.0 cm³/mol. The molecule has 3 rings (SSSR count). The molecule has 1 unspecified atom stereocenters. The lowest BCUT2D eigenvalue weighted by Crippen LogP contribution is -2.42. The van der Waals surface area contributed by atoms with E-state index in [-0.39, 0.29) is 5.91 Å². The lowest BCUT2D eigenvalue weighted by atomic mass is 10.0. The fourth-order valence-corrected chi connectivity index (χ4v) is 3.95. The third kappa shape index (κ3) is 4.18. The van der Waals surface area contributed by atoms with Crippen LogP contribution in [0.2, 0.25) is 0 Å². The first-order valence-corrected chi connectivity index (χ1v) is 9.23. The lowest BCUT2D eigenvalue weighted by Gasteiger charge is -2.35. The molecule has 8 heteroatoms. The Bertz CT molecular complexity index is 709. The van der Waals surface area contributed by atoms with Crippen molar-refractivity contribution in [3.05, 3.63) is 22.7 Å². The number of aryl methyl sites for hydroxylation is 2. The van der Waals surface area contributed by atoms with Gasteiger partial charge in [0.2, 0.25) is 5.91 Å². The first-order chi connectivity index (χ1) is 11.5. The van der Waals surface area contributed by atoms with E-state index in [1.54, 1.807) is 0 Å². The number of carbonyl (C=O) groups is 1. The molecule has 1 N–H and O–H groups in total. The van der Waals surface area contributed by atoms with E-state index in [2.05, 4.69) is 25.3 Å².